The second kappa shape index (κ2) is 6.74. The molecule has 89 valence electrons. The Morgan fingerprint density at radius 1 is 1.19 bits per heavy atom. The molecule has 1 aliphatic heterocycles. The topological polar surface area (TPSA) is 12.5 Å². The van der Waals surface area contributed by atoms with Crippen molar-refractivity contribution in [3.8, 4) is 0 Å². The van der Waals surface area contributed by atoms with Crippen molar-refractivity contribution in [1.82, 2.24) is 4.90 Å². The molecule has 2 heteroatoms. The standard InChI is InChI=1S/C14H22NO/c1-3-8-14(9-4-1)16-13-7-12-15-10-5-2-6-11-15/h1,3,8-9H,2,4-7,10-13H2. The number of hydrogen-bond donors (Lipinski definition) is 0. The van der Waals surface area contributed by atoms with Gasteiger partial charge in [-0.25, -0.2) is 0 Å². The van der Waals surface area contributed by atoms with Crippen LogP contribution in [0.3, 0.4) is 0 Å². The molecule has 16 heavy (non-hydrogen) atoms. The number of rotatable bonds is 5. The summed E-state index contributed by atoms with van der Waals surface area (Å²) in [5, 5.41) is 0. The summed E-state index contributed by atoms with van der Waals surface area (Å²) in [4.78, 5) is 2.56. The molecule has 0 atom stereocenters. The van der Waals surface area contributed by atoms with Crippen LogP contribution in [0.4, 0.5) is 0 Å². The van der Waals surface area contributed by atoms with E-state index in [1.54, 1.807) is 0 Å². The lowest BCUT2D eigenvalue weighted by Crippen LogP contribution is -2.31. The van der Waals surface area contributed by atoms with Gasteiger partial charge in [0.1, 0.15) is 5.76 Å². The van der Waals surface area contributed by atoms with Crippen LogP contribution in [0.2, 0.25) is 0 Å². The Labute approximate surface area is 99.0 Å². The largest absolute Gasteiger partial charge is 0.498 e. The number of likely N-dealkylation sites (tertiary alicyclic amines) is 1. The number of nitrogens with zero attached hydrogens (tertiary/aromatic N) is 1. The van der Waals surface area contributed by atoms with E-state index in [-0.39, 0.29) is 0 Å². The Kier molecular flexibility index (Phi) is 4.94. The van der Waals surface area contributed by atoms with E-state index in [4.69, 9.17) is 4.74 Å². The predicted molar refractivity (Wildman–Crippen MR) is 67.0 cm³/mol. The monoisotopic (exact) mass is 220 g/mol. The summed E-state index contributed by atoms with van der Waals surface area (Å²) in [6.07, 6.45) is 14.7. The first kappa shape index (κ1) is 11.7. The Morgan fingerprint density at radius 2 is 2.06 bits per heavy atom. The minimum atomic E-state index is 0.854. The average molecular weight is 220 g/mol. The zero-order valence-corrected chi connectivity index (χ0v) is 10.0. The molecule has 0 aromatic rings. The summed E-state index contributed by atoms with van der Waals surface area (Å²) in [7, 11) is 0. The molecule has 1 radical (unpaired) electrons. The van der Waals surface area contributed by atoms with Gasteiger partial charge in [0, 0.05) is 13.0 Å². The maximum absolute atomic E-state index is 5.70. The molecule has 0 N–H and O–H groups in total. The maximum atomic E-state index is 5.70. The maximum Gasteiger partial charge on any atom is 0.100 e. The predicted octanol–water partition coefficient (Wildman–Crippen LogP) is 2.93. The smallest absolute Gasteiger partial charge is 0.100 e. The van der Waals surface area contributed by atoms with Crippen LogP contribution >= 0.6 is 0 Å². The van der Waals surface area contributed by atoms with Crippen LogP contribution in [0.25, 0.3) is 0 Å². The van der Waals surface area contributed by atoms with E-state index in [1.165, 1.54) is 38.9 Å². The Hall–Kier alpha value is -0.760. The van der Waals surface area contributed by atoms with Gasteiger partial charge in [-0.05, 0) is 44.8 Å². The molecule has 0 spiro atoms. The molecule has 0 aromatic carbocycles. The van der Waals surface area contributed by atoms with Crippen molar-refractivity contribution in [2.75, 3.05) is 26.2 Å². The molecular formula is C14H22NO. The molecule has 2 rings (SSSR count). The molecule has 2 nitrogen and oxygen atoms in total. The highest BCUT2D eigenvalue weighted by Gasteiger charge is 2.09. The van der Waals surface area contributed by atoms with Gasteiger partial charge in [-0.3, -0.25) is 0 Å². The third-order valence-electron chi connectivity index (χ3n) is 3.19. The zero-order chi connectivity index (χ0) is 11.1. The van der Waals surface area contributed by atoms with Crippen molar-refractivity contribution in [2.24, 2.45) is 0 Å². The molecule has 2 aliphatic rings. The quantitative estimate of drug-likeness (QED) is 0.661. The van der Waals surface area contributed by atoms with Crippen LogP contribution in [0, 0.1) is 6.42 Å². The van der Waals surface area contributed by atoms with E-state index in [2.05, 4.69) is 23.5 Å². The van der Waals surface area contributed by atoms with Gasteiger partial charge in [0.2, 0.25) is 0 Å². The van der Waals surface area contributed by atoms with Crippen LogP contribution < -0.4 is 0 Å². The third kappa shape index (κ3) is 4.01. The van der Waals surface area contributed by atoms with Crippen LogP contribution in [-0.2, 0) is 4.74 Å². The minimum absolute atomic E-state index is 0.854. The number of ether oxygens (including phenoxy) is 1. The van der Waals surface area contributed by atoms with Gasteiger partial charge in [-0.1, -0.05) is 18.6 Å². The zero-order valence-electron chi connectivity index (χ0n) is 10.0. The van der Waals surface area contributed by atoms with E-state index < -0.39 is 0 Å². The summed E-state index contributed by atoms with van der Waals surface area (Å²) in [5.74, 6) is 1.04. The Balaban J connectivity index is 1.54. The lowest BCUT2D eigenvalue weighted by molar-refractivity contribution is 0.173. The van der Waals surface area contributed by atoms with E-state index in [1.807, 2.05) is 6.08 Å². The van der Waals surface area contributed by atoms with Crippen molar-refractivity contribution >= 4 is 0 Å². The molecule has 1 saturated heterocycles. The van der Waals surface area contributed by atoms with Gasteiger partial charge in [0.25, 0.3) is 0 Å². The number of allylic oxidation sites excluding steroid dienone is 4. The fourth-order valence-corrected chi connectivity index (χ4v) is 2.26. The fraction of sp³-hybridized carbons (Fsp3) is 0.643. The molecule has 0 amide bonds. The van der Waals surface area contributed by atoms with Crippen LogP contribution in [0.5, 0.6) is 0 Å². The highest BCUT2D eigenvalue weighted by Crippen LogP contribution is 2.12. The highest BCUT2D eigenvalue weighted by molar-refractivity contribution is 5.21. The summed E-state index contributed by atoms with van der Waals surface area (Å²) in [6, 6.07) is 0. The van der Waals surface area contributed by atoms with Gasteiger partial charge in [0.15, 0.2) is 0 Å². The molecule has 0 unspecified atom stereocenters. The lowest BCUT2D eigenvalue weighted by Gasteiger charge is -2.26. The number of piperidine rings is 1. The normalized spacial score (nSPS) is 21.9. The van der Waals surface area contributed by atoms with Gasteiger partial charge in [-0.15, -0.1) is 0 Å². The van der Waals surface area contributed by atoms with Gasteiger partial charge in [-0.2, -0.15) is 0 Å². The van der Waals surface area contributed by atoms with Crippen molar-refractivity contribution in [3.63, 3.8) is 0 Å². The minimum Gasteiger partial charge on any atom is -0.498 e. The highest BCUT2D eigenvalue weighted by atomic mass is 16.5. The summed E-state index contributed by atoms with van der Waals surface area (Å²) >= 11 is 0. The van der Waals surface area contributed by atoms with Crippen molar-refractivity contribution < 1.29 is 4.74 Å². The van der Waals surface area contributed by atoms with Crippen molar-refractivity contribution in [1.29, 1.82) is 0 Å². The Morgan fingerprint density at radius 3 is 2.81 bits per heavy atom. The van der Waals surface area contributed by atoms with E-state index >= 15 is 0 Å². The SMILES string of the molecule is [CH]1CC=CC=C1OCCCN1CCCCC1. The first-order valence-electron chi connectivity index (χ1n) is 6.50. The first-order valence-corrected chi connectivity index (χ1v) is 6.50. The average Bonchev–Trinajstić information content (AvgIpc) is 2.37. The van der Waals surface area contributed by atoms with Gasteiger partial charge >= 0.3 is 0 Å². The molecule has 1 aliphatic carbocycles. The molecule has 0 saturated carbocycles. The number of hydrogen-bond acceptors (Lipinski definition) is 2. The molecule has 1 fully saturated rings. The second-order valence-electron chi connectivity index (χ2n) is 4.54. The summed E-state index contributed by atoms with van der Waals surface area (Å²) in [6.45, 7) is 4.63. The lowest BCUT2D eigenvalue weighted by atomic mass is 10.1. The van der Waals surface area contributed by atoms with E-state index in [9.17, 15) is 0 Å². The summed E-state index contributed by atoms with van der Waals surface area (Å²) in [5.41, 5.74) is 0. The fourth-order valence-electron chi connectivity index (χ4n) is 2.26. The van der Waals surface area contributed by atoms with E-state index in [0.29, 0.717) is 0 Å². The molecular weight excluding hydrogens is 198 g/mol. The molecule has 0 aromatic heterocycles. The van der Waals surface area contributed by atoms with Crippen LogP contribution in [0.1, 0.15) is 32.1 Å². The van der Waals surface area contributed by atoms with Gasteiger partial charge in [0.05, 0.1) is 6.61 Å². The van der Waals surface area contributed by atoms with Crippen molar-refractivity contribution in [2.45, 2.75) is 32.1 Å². The Bertz CT molecular complexity index is 251. The van der Waals surface area contributed by atoms with E-state index in [0.717, 1.165) is 25.2 Å². The third-order valence-corrected chi connectivity index (χ3v) is 3.19. The first-order chi connectivity index (χ1) is 7.95. The molecule has 0 bridgehead atoms. The second-order valence-corrected chi connectivity index (χ2v) is 4.54. The van der Waals surface area contributed by atoms with Crippen LogP contribution in [-0.4, -0.2) is 31.1 Å². The van der Waals surface area contributed by atoms with Gasteiger partial charge < -0.3 is 9.64 Å². The van der Waals surface area contributed by atoms with Crippen molar-refractivity contribution in [3.05, 3.63) is 30.4 Å². The summed E-state index contributed by atoms with van der Waals surface area (Å²) < 4.78 is 5.70. The van der Waals surface area contributed by atoms with Crippen LogP contribution in [0.15, 0.2) is 24.0 Å². The molecule has 1 heterocycles.